The molecule has 3 rings (SSSR count). The molecule has 2 aromatic heterocycles. The van der Waals surface area contributed by atoms with E-state index in [9.17, 15) is 0 Å². The highest BCUT2D eigenvalue weighted by Gasteiger charge is 2.20. The lowest BCUT2D eigenvalue weighted by Gasteiger charge is -2.06. The SMILES string of the molecule is Cn1cc(-c2ccc(NNPC3CC3)nn2)cn1. The maximum atomic E-state index is 4.17. The molecule has 1 fully saturated rings. The summed E-state index contributed by atoms with van der Waals surface area (Å²) < 4.78 is 1.75. The van der Waals surface area contributed by atoms with Crippen LogP contribution in [0.5, 0.6) is 0 Å². The molecule has 1 aliphatic rings. The molecule has 0 amide bonds. The Morgan fingerprint density at radius 3 is 2.83 bits per heavy atom. The average Bonchev–Trinajstić information content (AvgIpc) is 3.11. The molecule has 6 nitrogen and oxygen atoms in total. The van der Waals surface area contributed by atoms with Crippen molar-refractivity contribution >= 4 is 14.5 Å². The zero-order valence-corrected chi connectivity index (χ0v) is 11.1. The largest absolute Gasteiger partial charge is 0.301 e. The highest BCUT2D eigenvalue weighted by atomic mass is 31.1. The van der Waals surface area contributed by atoms with Gasteiger partial charge in [-0.2, -0.15) is 5.10 Å². The molecule has 0 bridgehead atoms. The Balaban J connectivity index is 1.61. The summed E-state index contributed by atoms with van der Waals surface area (Å²) in [5, 5.41) is 15.6. The Morgan fingerprint density at radius 1 is 1.33 bits per heavy atom. The Labute approximate surface area is 107 Å². The summed E-state index contributed by atoms with van der Waals surface area (Å²) in [6, 6.07) is 3.86. The maximum absolute atomic E-state index is 4.17. The van der Waals surface area contributed by atoms with Crippen LogP contribution in [0.2, 0.25) is 0 Å². The van der Waals surface area contributed by atoms with Gasteiger partial charge >= 0.3 is 0 Å². The minimum atomic E-state index is 0.746. The van der Waals surface area contributed by atoms with E-state index in [1.807, 2.05) is 25.4 Å². The number of hydrogen-bond acceptors (Lipinski definition) is 5. The fourth-order valence-electron chi connectivity index (χ4n) is 1.54. The second kappa shape index (κ2) is 5.00. The van der Waals surface area contributed by atoms with Crippen molar-refractivity contribution in [1.82, 2.24) is 25.2 Å². The summed E-state index contributed by atoms with van der Waals surface area (Å²) in [4.78, 5) is 0. The molecule has 1 aliphatic carbocycles. The molecule has 94 valence electrons. The number of aryl methyl sites for hydroxylation is 1. The van der Waals surface area contributed by atoms with Gasteiger partial charge in [0.05, 0.1) is 11.9 Å². The van der Waals surface area contributed by atoms with Crippen molar-refractivity contribution in [3.05, 3.63) is 24.5 Å². The Bertz CT molecular complexity index is 519. The Morgan fingerprint density at radius 2 is 2.22 bits per heavy atom. The van der Waals surface area contributed by atoms with Gasteiger partial charge in [-0.05, 0) is 39.4 Å². The van der Waals surface area contributed by atoms with Crippen LogP contribution in [-0.2, 0) is 7.05 Å². The minimum absolute atomic E-state index is 0.746. The zero-order chi connectivity index (χ0) is 12.4. The van der Waals surface area contributed by atoms with Crippen LogP contribution < -0.4 is 10.6 Å². The quantitative estimate of drug-likeness (QED) is 0.632. The van der Waals surface area contributed by atoms with E-state index >= 15 is 0 Å². The van der Waals surface area contributed by atoms with Gasteiger partial charge in [0.15, 0.2) is 5.82 Å². The van der Waals surface area contributed by atoms with E-state index < -0.39 is 0 Å². The lowest BCUT2D eigenvalue weighted by Crippen LogP contribution is -2.13. The van der Waals surface area contributed by atoms with Crippen LogP contribution in [0.1, 0.15) is 12.8 Å². The van der Waals surface area contributed by atoms with Crippen LogP contribution in [-0.4, -0.2) is 25.6 Å². The van der Waals surface area contributed by atoms with Crippen molar-refractivity contribution in [3.8, 4) is 11.3 Å². The predicted octanol–water partition coefficient (Wildman–Crippen LogP) is 1.55. The maximum Gasteiger partial charge on any atom is 0.163 e. The third kappa shape index (κ3) is 2.83. The molecule has 1 unspecified atom stereocenters. The van der Waals surface area contributed by atoms with E-state index in [4.69, 9.17) is 0 Å². The van der Waals surface area contributed by atoms with Gasteiger partial charge in [0.1, 0.15) is 0 Å². The van der Waals surface area contributed by atoms with Crippen molar-refractivity contribution in [2.45, 2.75) is 18.5 Å². The van der Waals surface area contributed by atoms with E-state index in [1.165, 1.54) is 12.8 Å². The molecular formula is C11H15N6P. The summed E-state index contributed by atoms with van der Waals surface area (Å²) in [5.74, 6) is 0.746. The van der Waals surface area contributed by atoms with Gasteiger partial charge in [-0.15, -0.1) is 10.2 Å². The van der Waals surface area contributed by atoms with Crippen LogP contribution >= 0.6 is 8.73 Å². The van der Waals surface area contributed by atoms with Crippen LogP contribution in [0.15, 0.2) is 24.5 Å². The molecule has 0 aliphatic heterocycles. The monoisotopic (exact) mass is 262 g/mol. The summed E-state index contributed by atoms with van der Waals surface area (Å²) in [6.07, 6.45) is 6.39. The van der Waals surface area contributed by atoms with E-state index in [0.29, 0.717) is 0 Å². The first-order valence-corrected chi connectivity index (χ1v) is 6.98. The average molecular weight is 262 g/mol. The van der Waals surface area contributed by atoms with Crippen LogP contribution in [0.3, 0.4) is 0 Å². The Kier molecular flexibility index (Phi) is 3.21. The van der Waals surface area contributed by atoms with Gasteiger partial charge in [0.25, 0.3) is 0 Å². The first-order valence-electron chi connectivity index (χ1n) is 5.90. The number of hydrazine groups is 1. The highest BCUT2D eigenvalue weighted by molar-refractivity contribution is 7.37. The molecular weight excluding hydrogens is 247 g/mol. The van der Waals surface area contributed by atoms with Crippen LogP contribution in [0.4, 0.5) is 5.82 Å². The van der Waals surface area contributed by atoms with Crippen molar-refractivity contribution in [3.63, 3.8) is 0 Å². The number of nitrogens with zero attached hydrogens (tertiary/aromatic N) is 4. The molecule has 2 heterocycles. The molecule has 2 N–H and O–H groups in total. The van der Waals surface area contributed by atoms with Crippen molar-refractivity contribution in [2.24, 2.45) is 7.05 Å². The van der Waals surface area contributed by atoms with Crippen LogP contribution in [0, 0.1) is 0 Å². The van der Waals surface area contributed by atoms with E-state index in [0.717, 1.165) is 31.5 Å². The standard InChI is InChI=1S/C11H15N6P/c1-17-7-8(6-12-17)10-4-5-11(14-13-10)15-16-18-9-2-3-9/h4-7,9,16,18H,2-3H2,1H3,(H,14,15). The van der Waals surface area contributed by atoms with Crippen LogP contribution in [0.25, 0.3) is 11.3 Å². The predicted molar refractivity (Wildman–Crippen MR) is 72.3 cm³/mol. The summed E-state index contributed by atoms with van der Waals surface area (Å²) in [7, 11) is 2.64. The third-order valence-corrected chi connectivity index (χ3v) is 3.96. The Hall–Kier alpha value is -1.52. The summed E-state index contributed by atoms with van der Waals surface area (Å²) in [6.45, 7) is 0. The second-order valence-corrected chi connectivity index (χ2v) is 5.73. The fourth-order valence-corrected chi connectivity index (χ4v) is 2.40. The fraction of sp³-hybridized carbons (Fsp3) is 0.364. The first-order chi connectivity index (χ1) is 8.81. The van der Waals surface area contributed by atoms with E-state index in [1.54, 1.807) is 10.9 Å². The summed E-state index contributed by atoms with van der Waals surface area (Å²) in [5.41, 5.74) is 5.74. The van der Waals surface area contributed by atoms with Gasteiger partial charge in [-0.25, -0.2) is 5.20 Å². The number of rotatable bonds is 5. The molecule has 7 heteroatoms. The van der Waals surface area contributed by atoms with Gasteiger partial charge in [0.2, 0.25) is 0 Å². The molecule has 18 heavy (non-hydrogen) atoms. The highest BCUT2D eigenvalue weighted by Crippen LogP contribution is 2.36. The molecule has 0 saturated heterocycles. The molecule has 0 spiro atoms. The smallest absolute Gasteiger partial charge is 0.163 e. The topological polar surface area (TPSA) is 67.7 Å². The molecule has 1 atom stereocenters. The van der Waals surface area contributed by atoms with Gasteiger partial charge in [-0.1, -0.05) is 0 Å². The summed E-state index contributed by atoms with van der Waals surface area (Å²) >= 11 is 0. The zero-order valence-electron chi connectivity index (χ0n) is 10.1. The van der Waals surface area contributed by atoms with Gasteiger partial charge in [0, 0.05) is 18.8 Å². The number of anilines is 1. The molecule has 0 radical (unpaired) electrons. The van der Waals surface area contributed by atoms with Crippen molar-refractivity contribution in [2.75, 3.05) is 5.43 Å². The number of nitrogens with one attached hydrogen (secondary N) is 2. The molecule has 1 saturated carbocycles. The number of hydrogen-bond donors (Lipinski definition) is 2. The lowest BCUT2D eigenvalue weighted by molar-refractivity contribution is 0.768. The first kappa shape index (κ1) is 11.6. The molecule has 2 aromatic rings. The van der Waals surface area contributed by atoms with Gasteiger partial charge < -0.3 is 5.43 Å². The second-order valence-electron chi connectivity index (χ2n) is 4.38. The molecule has 0 aromatic carbocycles. The minimum Gasteiger partial charge on any atom is -0.301 e. The number of aromatic nitrogens is 4. The van der Waals surface area contributed by atoms with E-state index in [-0.39, 0.29) is 0 Å². The normalized spacial score (nSPS) is 15.4. The van der Waals surface area contributed by atoms with Crippen molar-refractivity contribution in [1.29, 1.82) is 0 Å². The third-order valence-electron chi connectivity index (χ3n) is 2.71. The lowest BCUT2D eigenvalue weighted by atomic mass is 10.2. The van der Waals surface area contributed by atoms with Crippen molar-refractivity contribution < 1.29 is 0 Å². The van der Waals surface area contributed by atoms with E-state index in [2.05, 4.69) is 25.9 Å². The van der Waals surface area contributed by atoms with Gasteiger partial charge in [-0.3, -0.25) is 4.68 Å².